The summed E-state index contributed by atoms with van der Waals surface area (Å²) in [5.74, 6) is -1.51. The first kappa shape index (κ1) is 17.2. The van der Waals surface area contributed by atoms with Gasteiger partial charge in [-0.3, -0.25) is 0 Å². The molecule has 1 saturated carbocycles. The first-order valence-corrected chi connectivity index (χ1v) is 8.42. The molecule has 2 aromatic rings. The average Bonchev–Trinajstić information content (AvgIpc) is 3.32. The van der Waals surface area contributed by atoms with Crippen LogP contribution in [0.25, 0.3) is 10.9 Å². The van der Waals surface area contributed by atoms with Crippen LogP contribution in [-0.2, 0) is 6.42 Å². The van der Waals surface area contributed by atoms with Crippen molar-refractivity contribution >= 4 is 10.9 Å². The van der Waals surface area contributed by atoms with Crippen molar-refractivity contribution in [3.63, 3.8) is 0 Å². The van der Waals surface area contributed by atoms with E-state index in [-0.39, 0.29) is 6.04 Å². The second kappa shape index (κ2) is 7.07. The van der Waals surface area contributed by atoms with Gasteiger partial charge >= 0.3 is 0 Å². The Hall–Kier alpha value is -1.66. The highest BCUT2D eigenvalue weighted by molar-refractivity contribution is 5.84. The third-order valence-corrected chi connectivity index (χ3v) is 4.39. The minimum absolute atomic E-state index is 0.118. The van der Waals surface area contributed by atoms with E-state index in [1.165, 1.54) is 12.8 Å². The number of halogens is 2. The number of rotatable bonds is 9. The van der Waals surface area contributed by atoms with E-state index in [0.29, 0.717) is 12.3 Å². The number of nitrogens with one attached hydrogen (secondary N) is 2. The smallest absolute Gasteiger partial charge is 0.282 e. The quantitative estimate of drug-likeness (QED) is 0.658. The predicted molar refractivity (Wildman–Crippen MR) is 89.7 cm³/mol. The van der Waals surface area contributed by atoms with Gasteiger partial charge in [0.25, 0.3) is 5.92 Å². The van der Waals surface area contributed by atoms with Gasteiger partial charge in [0.1, 0.15) is 12.4 Å². The molecule has 1 unspecified atom stereocenters. The minimum Gasteiger partial charge on any atom is -0.493 e. The Morgan fingerprint density at radius 3 is 2.92 bits per heavy atom. The van der Waals surface area contributed by atoms with Crippen LogP contribution in [0.5, 0.6) is 5.75 Å². The van der Waals surface area contributed by atoms with Gasteiger partial charge in [0, 0.05) is 29.2 Å². The van der Waals surface area contributed by atoms with Gasteiger partial charge in [-0.05, 0) is 49.8 Å². The maximum Gasteiger partial charge on any atom is 0.282 e. The van der Waals surface area contributed by atoms with Gasteiger partial charge in [-0.25, -0.2) is 8.78 Å². The molecule has 1 heterocycles. The Morgan fingerprint density at radius 1 is 1.42 bits per heavy atom. The molecule has 0 radical (unpaired) electrons. The maximum absolute atomic E-state index is 13.1. The Kier molecular flexibility index (Phi) is 5.06. The van der Waals surface area contributed by atoms with Crippen LogP contribution < -0.4 is 10.1 Å². The third-order valence-electron chi connectivity index (χ3n) is 4.39. The zero-order chi connectivity index (χ0) is 17.2. The van der Waals surface area contributed by atoms with Gasteiger partial charge in [0.15, 0.2) is 0 Å². The molecule has 1 atom stereocenters. The molecule has 1 aromatic heterocycles. The fourth-order valence-electron chi connectivity index (χ4n) is 2.70. The van der Waals surface area contributed by atoms with Crippen molar-refractivity contribution in [3.8, 4) is 5.75 Å². The summed E-state index contributed by atoms with van der Waals surface area (Å²) in [5.41, 5.74) is 2.07. The van der Waals surface area contributed by atoms with E-state index < -0.39 is 19.1 Å². The largest absolute Gasteiger partial charge is 0.493 e. The Bertz CT molecular complexity index is 683. The van der Waals surface area contributed by atoms with Gasteiger partial charge < -0.3 is 20.1 Å². The van der Waals surface area contributed by atoms with Gasteiger partial charge in [-0.1, -0.05) is 0 Å². The van der Waals surface area contributed by atoms with Gasteiger partial charge in [0.2, 0.25) is 0 Å². The lowest BCUT2D eigenvalue weighted by Crippen LogP contribution is -2.40. The fraction of sp³-hybridized carbons (Fsp3) is 0.556. The number of fused-ring (bicyclic) bond motifs is 1. The van der Waals surface area contributed by atoms with E-state index in [2.05, 4.69) is 10.3 Å². The summed E-state index contributed by atoms with van der Waals surface area (Å²) < 4.78 is 32.0. The fourth-order valence-corrected chi connectivity index (χ4v) is 2.70. The summed E-state index contributed by atoms with van der Waals surface area (Å²) in [6, 6.07) is 5.84. The molecule has 0 aliphatic heterocycles. The van der Waals surface area contributed by atoms with E-state index in [9.17, 15) is 8.78 Å². The second-order valence-corrected chi connectivity index (χ2v) is 6.78. The number of aromatic amines is 1. The zero-order valence-corrected chi connectivity index (χ0v) is 13.8. The first-order chi connectivity index (χ1) is 11.5. The van der Waals surface area contributed by atoms with Crippen molar-refractivity contribution in [2.24, 2.45) is 5.92 Å². The number of benzene rings is 1. The molecule has 6 heteroatoms. The van der Waals surface area contributed by atoms with Gasteiger partial charge in [0.05, 0.1) is 13.2 Å². The molecule has 0 spiro atoms. The van der Waals surface area contributed by atoms with Crippen LogP contribution in [0, 0.1) is 5.92 Å². The molecule has 1 fully saturated rings. The van der Waals surface area contributed by atoms with Crippen molar-refractivity contribution in [2.45, 2.75) is 38.2 Å². The molecule has 4 nitrogen and oxygen atoms in total. The summed E-state index contributed by atoms with van der Waals surface area (Å²) in [5, 5.41) is 12.5. The Labute approximate surface area is 140 Å². The van der Waals surface area contributed by atoms with Crippen molar-refractivity contribution < 1.29 is 18.6 Å². The summed E-state index contributed by atoms with van der Waals surface area (Å²) in [4.78, 5) is 3.22. The lowest BCUT2D eigenvalue weighted by molar-refractivity contribution is -0.0490. The van der Waals surface area contributed by atoms with Gasteiger partial charge in [-0.2, -0.15) is 0 Å². The van der Waals surface area contributed by atoms with Crippen LogP contribution in [0.4, 0.5) is 8.78 Å². The molecule has 132 valence electrons. The van der Waals surface area contributed by atoms with Gasteiger partial charge in [-0.15, -0.1) is 0 Å². The van der Waals surface area contributed by atoms with E-state index in [0.717, 1.165) is 28.8 Å². The van der Waals surface area contributed by atoms with Crippen LogP contribution in [0.15, 0.2) is 24.4 Å². The van der Waals surface area contributed by atoms with E-state index in [1.807, 2.05) is 31.3 Å². The number of hydrogen-bond donors (Lipinski definition) is 3. The van der Waals surface area contributed by atoms with Crippen molar-refractivity contribution in [1.82, 2.24) is 10.3 Å². The molecule has 3 N–H and O–H groups in total. The molecule has 3 rings (SSSR count). The average molecular weight is 338 g/mol. The predicted octanol–water partition coefficient (Wildman–Crippen LogP) is 3.10. The number of aromatic nitrogens is 1. The second-order valence-electron chi connectivity index (χ2n) is 6.78. The minimum atomic E-state index is -3.08. The van der Waals surface area contributed by atoms with Crippen LogP contribution in [0.2, 0.25) is 0 Å². The third kappa shape index (κ3) is 4.45. The summed E-state index contributed by atoms with van der Waals surface area (Å²) >= 11 is 0. The molecule has 0 saturated heterocycles. The monoisotopic (exact) mass is 338 g/mol. The zero-order valence-electron chi connectivity index (χ0n) is 13.8. The van der Waals surface area contributed by atoms with Crippen molar-refractivity contribution in [1.29, 1.82) is 0 Å². The molecule has 0 bridgehead atoms. The highest BCUT2D eigenvalue weighted by Gasteiger charge is 2.27. The Balaban J connectivity index is 1.60. The molecule has 1 aliphatic rings. The van der Waals surface area contributed by atoms with E-state index in [4.69, 9.17) is 9.84 Å². The standard InChI is InChI=1S/C18H24F2N2O2/c1-12(22-10-18(19,20)11-23)6-14-8-21-17-7-15(4-5-16(14)17)24-9-13-2-3-13/h4-5,7-8,12-13,21-23H,2-3,6,9-11H2,1H3. The highest BCUT2D eigenvalue weighted by Crippen LogP contribution is 2.30. The van der Waals surface area contributed by atoms with Crippen LogP contribution in [0.1, 0.15) is 25.3 Å². The molecule has 0 amide bonds. The maximum atomic E-state index is 13.1. The lowest BCUT2D eigenvalue weighted by atomic mass is 10.1. The molecule has 1 aliphatic carbocycles. The molecule has 24 heavy (non-hydrogen) atoms. The lowest BCUT2D eigenvalue weighted by Gasteiger charge is -2.18. The van der Waals surface area contributed by atoms with E-state index >= 15 is 0 Å². The SMILES string of the molecule is CC(Cc1c[nH]c2cc(OCC3CC3)ccc12)NCC(F)(F)CO. The summed E-state index contributed by atoms with van der Waals surface area (Å²) in [6.45, 7) is 0.980. The normalized spacial score (nSPS) is 16.5. The molecular formula is C18H24F2N2O2. The highest BCUT2D eigenvalue weighted by atomic mass is 19.3. The van der Waals surface area contributed by atoms with Crippen LogP contribution >= 0.6 is 0 Å². The topological polar surface area (TPSA) is 57.3 Å². The Morgan fingerprint density at radius 2 is 2.21 bits per heavy atom. The number of aliphatic hydroxyl groups is 1. The van der Waals surface area contributed by atoms with Crippen molar-refractivity contribution in [2.75, 3.05) is 19.8 Å². The number of alkyl halides is 2. The number of hydrogen-bond acceptors (Lipinski definition) is 3. The van der Waals surface area contributed by atoms with Crippen LogP contribution in [0.3, 0.4) is 0 Å². The summed E-state index contributed by atoms with van der Waals surface area (Å²) in [7, 11) is 0. The summed E-state index contributed by atoms with van der Waals surface area (Å²) in [6.07, 6.45) is 5.06. The number of aliphatic hydroxyl groups excluding tert-OH is 1. The van der Waals surface area contributed by atoms with Crippen molar-refractivity contribution in [3.05, 3.63) is 30.0 Å². The van der Waals surface area contributed by atoms with E-state index in [1.54, 1.807) is 0 Å². The van der Waals surface area contributed by atoms with Crippen LogP contribution in [-0.4, -0.2) is 41.8 Å². The molecule has 1 aromatic carbocycles. The number of H-pyrrole nitrogens is 1. The first-order valence-electron chi connectivity index (χ1n) is 8.42. The number of ether oxygens (including phenoxy) is 1. The molecular weight excluding hydrogens is 314 g/mol.